The minimum absolute atomic E-state index is 0.230. The van der Waals surface area contributed by atoms with Gasteiger partial charge in [-0.15, -0.1) is 0 Å². The van der Waals surface area contributed by atoms with Gasteiger partial charge in [0, 0.05) is 18.3 Å². The first-order valence-electron chi connectivity index (χ1n) is 6.04. The number of hydrogen-bond acceptors (Lipinski definition) is 2. The smallest absolute Gasteiger partial charge is 0.148 e. The lowest BCUT2D eigenvalue weighted by molar-refractivity contribution is 0.449. The van der Waals surface area contributed by atoms with Gasteiger partial charge in [-0.1, -0.05) is 6.92 Å². The molecule has 1 unspecified atom stereocenters. The number of anilines is 2. The molecule has 2 rings (SSSR count). The molecular weight excluding hydrogens is 203 g/mol. The van der Waals surface area contributed by atoms with E-state index in [0.717, 1.165) is 18.7 Å². The highest BCUT2D eigenvalue weighted by atomic mass is 19.1. The van der Waals surface area contributed by atoms with Crippen LogP contribution in [0.4, 0.5) is 15.8 Å². The van der Waals surface area contributed by atoms with Crippen molar-refractivity contribution in [3.05, 3.63) is 24.0 Å². The number of nitrogens with two attached hydrogens (primary N) is 1. The largest absolute Gasteiger partial charge is 0.396 e. The first kappa shape index (κ1) is 11.2. The molecule has 1 atom stereocenters. The van der Waals surface area contributed by atoms with Crippen molar-refractivity contribution in [3.8, 4) is 0 Å². The van der Waals surface area contributed by atoms with Gasteiger partial charge in [-0.3, -0.25) is 0 Å². The molecule has 3 heteroatoms. The number of nitrogen functional groups attached to an aromatic ring is 1. The second kappa shape index (κ2) is 4.73. The Labute approximate surface area is 96.2 Å². The molecule has 1 fully saturated rings. The van der Waals surface area contributed by atoms with E-state index < -0.39 is 0 Å². The van der Waals surface area contributed by atoms with Crippen LogP contribution >= 0.6 is 0 Å². The van der Waals surface area contributed by atoms with Crippen molar-refractivity contribution in [1.29, 1.82) is 0 Å². The van der Waals surface area contributed by atoms with Crippen LogP contribution in [0.2, 0.25) is 0 Å². The predicted octanol–water partition coefficient (Wildman–Crippen LogP) is 3.18. The van der Waals surface area contributed by atoms with E-state index in [-0.39, 0.29) is 11.5 Å². The van der Waals surface area contributed by atoms with Crippen molar-refractivity contribution in [3.63, 3.8) is 0 Å². The van der Waals surface area contributed by atoms with Crippen molar-refractivity contribution < 1.29 is 4.39 Å². The van der Waals surface area contributed by atoms with Crippen LogP contribution in [-0.4, -0.2) is 12.6 Å². The third-order valence-corrected chi connectivity index (χ3v) is 3.41. The van der Waals surface area contributed by atoms with Gasteiger partial charge in [0.2, 0.25) is 0 Å². The molecule has 1 aliphatic heterocycles. The highest BCUT2D eigenvalue weighted by Gasteiger charge is 2.21. The standard InChI is InChI=1S/C13H19FN2/c1-2-10-5-3-4-8-16(10)11-6-7-13(15)12(14)9-11/h6-7,9-10H,2-5,8,15H2,1H3. The monoisotopic (exact) mass is 222 g/mol. The summed E-state index contributed by atoms with van der Waals surface area (Å²) in [4.78, 5) is 2.31. The normalized spacial score (nSPS) is 21.1. The average molecular weight is 222 g/mol. The van der Waals surface area contributed by atoms with Gasteiger partial charge < -0.3 is 10.6 Å². The zero-order valence-electron chi connectivity index (χ0n) is 9.75. The van der Waals surface area contributed by atoms with Crippen LogP contribution in [0.1, 0.15) is 32.6 Å². The van der Waals surface area contributed by atoms with Gasteiger partial charge in [0.25, 0.3) is 0 Å². The summed E-state index contributed by atoms with van der Waals surface area (Å²) < 4.78 is 13.4. The van der Waals surface area contributed by atoms with Gasteiger partial charge in [0.15, 0.2) is 0 Å². The second-order valence-corrected chi connectivity index (χ2v) is 4.46. The maximum absolute atomic E-state index is 13.4. The highest BCUT2D eigenvalue weighted by Crippen LogP contribution is 2.28. The first-order chi connectivity index (χ1) is 7.72. The Morgan fingerprint density at radius 3 is 2.94 bits per heavy atom. The zero-order chi connectivity index (χ0) is 11.5. The van der Waals surface area contributed by atoms with Gasteiger partial charge in [0.1, 0.15) is 5.82 Å². The molecule has 0 aromatic heterocycles. The number of halogens is 1. The fraction of sp³-hybridized carbons (Fsp3) is 0.538. The summed E-state index contributed by atoms with van der Waals surface area (Å²) in [6.07, 6.45) is 4.81. The summed E-state index contributed by atoms with van der Waals surface area (Å²) >= 11 is 0. The molecule has 0 saturated carbocycles. The van der Waals surface area contributed by atoms with Crippen LogP contribution in [0.15, 0.2) is 18.2 Å². The minimum atomic E-state index is -0.307. The molecule has 1 saturated heterocycles. The van der Waals surface area contributed by atoms with Crippen molar-refractivity contribution in [2.75, 3.05) is 17.2 Å². The Kier molecular flexibility index (Phi) is 3.32. The molecule has 1 heterocycles. The van der Waals surface area contributed by atoms with E-state index in [0.29, 0.717) is 6.04 Å². The van der Waals surface area contributed by atoms with E-state index in [4.69, 9.17) is 5.73 Å². The Bertz CT molecular complexity index is 365. The summed E-state index contributed by atoms with van der Waals surface area (Å²) in [5.74, 6) is -0.307. The van der Waals surface area contributed by atoms with E-state index in [2.05, 4.69) is 11.8 Å². The van der Waals surface area contributed by atoms with Gasteiger partial charge >= 0.3 is 0 Å². The molecule has 1 aliphatic rings. The van der Waals surface area contributed by atoms with Crippen molar-refractivity contribution >= 4 is 11.4 Å². The van der Waals surface area contributed by atoms with Crippen LogP contribution < -0.4 is 10.6 Å². The Hall–Kier alpha value is -1.25. The Balaban J connectivity index is 2.23. The van der Waals surface area contributed by atoms with Gasteiger partial charge in [0.05, 0.1) is 5.69 Å². The topological polar surface area (TPSA) is 29.3 Å². The van der Waals surface area contributed by atoms with E-state index in [1.54, 1.807) is 12.1 Å². The molecule has 2 nitrogen and oxygen atoms in total. The summed E-state index contributed by atoms with van der Waals surface area (Å²) in [6, 6.07) is 5.69. The van der Waals surface area contributed by atoms with E-state index >= 15 is 0 Å². The average Bonchev–Trinajstić information content (AvgIpc) is 2.32. The van der Waals surface area contributed by atoms with Crippen molar-refractivity contribution in [2.45, 2.75) is 38.6 Å². The number of nitrogens with zero attached hydrogens (tertiary/aromatic N) is 1. The summed E-state index contributed by atoms with van der Waals surface area (Å²) in [5, 5.41) is 0. The fourth-order valence-electron chi connectivity index (χ4n) is 2.46. The third-order valence-electron chi connectivity index (χ3n) is 3.41. The van der Waals surface area contributed by atoms with E-state index in [1.807, 2.05) is 6.07 Å². The second-order valence-electron chi connectivity index (χ2n) is 4.46. The molecule has 0 spiro atoms. The number of benzene rings is 1. The van der Waals surface area contributed by atoms with Crippen LogP contribution in [0.3, 0.4) is 0 Å². The van der Waals surface area contributed by atoms with Crippen LogP contribution in [0, 0.1) is 5.82 Å². The maximum atomic E-state index is 13.4. The van der Waals surface area contributed by atoms with Gasteiger partial charge in [-0.25, -0.2) is 4.39 Å². The molecule has 2 N–H and O–H groups in total. The molecule has 0 bridgehead atoms. The number of rotatable bonds is 2. The number of hydrogen-bond donors (Lipinski definition) is 1. The Morgan fingerprint density at radius 2 is 2.25 bits per heavy atom. The predicted molar refractivity (Wildman–Crippen MR) is 66.1 cm³/mol. The van der Waals surface area contributed by atoms with Crippen molar-refractivity contribution in [2.24, 2.45) is 0 Å². The molecule has 16 heavy (non-hydrogen) atoms. The van der Waals surface area contributed by atoms with Gasteiger partial charge in [-0.2, -0.15) is 0 Å². The molecular formula is C13H19FN2. The molecule has 0 aliphatic carbocycles. The quantitative estimate of drug-likeness (QED) is 0.779. The molecule has 0 radical (unpaired) electrons. The Morgan fingerprint density at radius 1 is 1.44 bits per heavy atom. The van der Waals surface area contributed by atoms with Crippen molar-refractivity contribution in [1.82, 2.24) is 0 Å². The lowest BCUT2D eigenvalue weighted by atomic mass is 9.99. The maximum Gasteiger partial charge on any atom is 0.148 e. The lowest BCUT2D eigenvalue weighted by Crippen LogP contribution is -2.39. The van der Waals surface area contributed by atoms with E-state index in [1.165, 1.54) is 19.3 Å². The minimum Gasteiger partial charge on any atom is -0.396 e. The zero-order valence-corrected chi connectivity index (χ0v) is 9.75. The summed E-state index contributed by atoms with van der Waals surface area (Å²) in [5.41, 5.74) is 6.69. The highest BCUT2D eigenvalue weighted by molar-refractivity contribution is 5.55. The van der Waals surface area contributed by atoms with Crippen LogP contribution in [0.5, 0.6) is 0 Å². The molecule has 1 aromatic carbocycles. The molecule has 1 aromatic rings. The third kappa shape index (κ3) is 2.13. The number of piperidine rings is 1. The lowest BCUT2D eigenvalue weighted by Gasteiger charge is -2.37. The SMILES string of the molecule is CCC1CCCCN1c1ccc(N)c(F)c1. The fourth-order valence-corrected chi connectivity index (χ4v) is 2.46. The van der Waals surface area contributed by atoms with Crippen LogP contribution in [-0.2, 0) is 0 Å². The summed E-state index contributed by atoms with van der Waals surface area (Å²) in [7, 11) is 0. The first-order valence-corrected chi connectivity index (χ1v) is 6.04. The summed E-state index contributed by atoms with van der Waals surface area (Å²) in [6.45, 7) is 3.22. The molecule has 88 valence electrons. The van der Waals surface area contributed by atoms with Crippen LogP contribution in [0.25, 0.3) is 0 Å². The van der Waals surface area contributed by atoms with E-state index in [9.17, 15) is 4.39 Å². The van der Waals surface area contributed by atoms with Gasteiger partial charge in [-0.05, 0) is 43.9 Å². The molecule has 0 amide bonds.